The Bertz CT molecular complexity index is 540. The van der Waals surface area contributed by atoms with Gasteiger partial charge in [0.05, 0.1) is 11.3 Å². The number of fused-ring (bicyclic) bond motifs is 1. The number of nitrogens with zero attached hydrogens (tertiary/aromatic N) is 2. The monoisotopic (exact) mass is 264 g/mol. The van der Waals surface area contributed by atoms with Crippen molar-refractivity contribution in [1.82, 2.24) is 4.90 Å². The van der Waals surface area contributed by atoms with Crippen molar-refractivity contribution in [2.24, 2.45) is 0 Å². The molecule has 19 heavy (non-hydrogen) atoms. The standard InChI is InChI=1S/C14H17FN2O2/c1-9-7-10(15)8-11-12(9)17(14(19)13(11)18)6-4-5-16(2)3/h7-8H,4-6H2,1-3H3. The highest BCUT2D eigenvalue weighted by atomic mass is 19.1. The van der Waals surface area contributed by atoms with E-state index in [9.17, 15) is 14.0 Å². The molecule has 1 aliphatic rings. The Morgan fingerprint density at radius 2 is 1.95 bits per heavy atom. The van der Waals surface area contributed by atoms with Gasteiger partial charge in [0, 0.05) is 6.54 Å². The van der Waals surface area contributed by atoms with Gasteiger partial charge in [-0.3, -0.25) is 9.59 Å². The van der Waals surface area contributed by atoms with Gasteiger partial charge in [0.2, 0.25) is 0 Å². The number of aryl methyl sites for hydroxylation is 1. The number of carbonyl (C=O) groups is 2. The predicted octanol–water partition coefficient (Wildman–Crippen LogP) is 1.62. The Labute approximate surface area is 111 Å². The lowest BCUT2D eigenvalue weighted by Crippen LogP contribution is -2.32. The van der Waals surface area contributed by atoms with E-state index in [4.69, 9.17) is 0 Å². The third kappa shape index (κ3) is 2.51. The van der Waals surface area contributed by atoms with Crippen molar-refractivity contribution < 1.29 is 14.0 Å². The molecule has 0 unspecified atom stereocenters. The van der Waals surface area contributed by atoms with Crippen LogP contribution in [-0.4, -0.2) is 43.8 Å². The molecule has 1 aliphatic heterocycles. The van der Waals surface area contributed by atoms with Crippen LogP contribution in [0, 0.1) is 12.7 Å². The Morgan fingerprint density at radius 3 is 2.58 bits per heavy atom. The highest BCUT2D eigenvalue weighted by Gasteiger charge is 2.36. The molecule has 0 aromatic heterocycles. The van der Waals surface area contributed by atoms with Gasteiger partial charge in [0.25, 0.3) is 11.7 Å². The van der Waals surface area contributed by atoms with E-state index in [-0.39, 0.29) is 5.56 Å². The van der Waals surface area contributed by atoms with E-state index in [0.29, 0.717) is 17.8 Å². The third-order valence-corrected chi connectivity index (χ3v) is 3.21. The summed E-state index contributed by atoms with van der Waals surface area (Å²) in [5.74, 6) is -1.64. The topological polar surface area (TPSA) is 40.6 Å². The molecule has 0 spiro atoms. The highest BCUT2D eigenvalue weighted by Crippen LogP contribution is 2.33. The largest absolute Gasteiger partial charge is 0.309 e. The van der Waals surface area contributed by atoms with Crippen molar-refractivity contribution in [3.05, 3.63) is 29.1 Å². The van der Waals surface area contributed by atoms with E-state index in [1.54, 1.807) is 6.92 Å². The Balaban J connectivity index is 2.28. The summed E-state index contributed by atoms with van der Waals surface area (Å²) in [5.41, 5.74) is 1.38. The zero-order chi connectivity index (χ0) is 14.2. The molecule has 1 heterocycles. The normalized spacial score (nSPS) is 14.5. The molecule has 2 rings (SSSR count). The number of Topliss-reactive ketones (excluding diaryl/α,β-unsaturated/α-hetero) is 1. The Kier molecular flexibility index (Phi) is 3.66. The van der Waals surface area contributed by atoms with Gasteiger partial charge in [-0.25, -0.2) is 4.39 Å². The van der Waals surface area contributed by atoms with Crippen LogP contribution in [0.15, 0.2) is 12.1 Å². The number of halogens is 1. The van der Waals surface area contributed by atoms with Gasteiger partial charge in [0.15, 0.2) is 0 Å². The van der Waals surface area contributed by atoms with E-state index < -0.39 is 17.5 Å². The van der Waals surface area contributed by atoms with Gasteiger partial charge in [-0.1, -0.05) is 0 Å². The number of anilines is 1. The van der Waals surface area contributed by atoms with Crippen LogP contribution < -0.4 is 4.90 Å². The summed E-state index contributed by atoms with van der Waals surface area (Å²) in [6.45, 7) is 3.02. The van der Waals surface area contributed by atoms with Gasteiger partial charge in [0.1, 0.15) is 5.82 Å². The molecule has 1 amide bonds. The molecule has 102 valence electrons. The first-order valence-electron chi connectivity index (χ1n) is 6.23. The van der Waals surface area contributed by atoms with E-state index in [2.05, 4.69) is 0 Å². The predicted molar refractivity (Wildman–Crippen MR) is 71.0 cm³/mol. The number of hydrogen-bond donors (Lipinski definition) is 0. The van der Waals surface area contributed by atoms with Crippen molar-refractivity contribution in [3.8, 4) is 0 Å². The molecule has 1 aromatic carbocycles. The SMILES string of the molecule is Cc1cc(F)cc2c1N(CCCN(C)C)C(=O)C2=O. The van der Waals surface area contributed by atoms with Crippen LogP contribution in [0.25, 0.3) is 0 Å². The highest BCUT2D eigenvalue weighted by molar-refractivity contribution is 6.52. The lowest BCUT2D eigenvalue weighted by Gasteiger charge is -2.19. The zero-order valence-corrected chi connectivity index (χ0v) is 11.4. The second-order valence-corrected chi connectivity index (χ2v) is 5.06. The van der Waals surface area contributed by atoms with Crippen LogP contribution in [-0.2, 0) is 4.79 Å². The van der Waals surface area contributed by atoms with Crippen LogP contribution in [0.2, 0.25) is 0 Å². The fourth-order valence-corrected chi connectivity index (χ4v) is 2.36. The summed E-state index contributed by atoms with van der Waals surface area (Å²) in [6, 6.07) is 2.50. The maximum Gasteiger partial charge on any atom is 0.299 e. The fraction of sp³-hybridized carbons (Fsp3) is 0.429. The summed E-state index contributed by atoms with van der Waals surface area (Å²) in [5, 5.41) is 0. The molecular formula is C14H17FN2O2. The molecule has 0 aliphatic carbocycles. The van der Waals surface area contributed by atoms with Crippen LogP contribution in [0.5, 0.6) is 0 Å². The molecule has 4 nitrogen and oxygen atoms in total. The number of hydrogen-bond acceptors (Lipinski definition) is 3. The third-order valence-electron chi connectivity index (χ3n) is 3.21. The second-order valence-electron chi connectivity index (χ2n) is 5.06. The van der Waals surface area contributed by atoms with E-state index >= 15 is 0 Å². The molecule has 5 heteroatoms. The van der Waals surface area contributed by atoms with Crippen LogP contribution >= 0.6 is 0 Å². The van der Waals surface area contributed by atoms with Crippen molar-refractivity contribution in [1.29, 1.82) is 0 Å². The average Bonchev–Trinajstić information content (AvgIpc) is 2.54. The van der Waals surface area contributed by atoms with Gasteiger partial charge in [-0.2, -0.15) is 0 Å². The first-order chi connectivity index (χ1) is 8.91. The molecule has 0 radical (unpaired) electrons. The number of carbonyl (C=O) groups excluding carboxylic acids is 2. The first kappa shape index (κ1) is 13.7. The van der Waals surface area contributed by atoms with Gasteiger partial charge < -0.3 is 9.80 Å². The minimum Gasteiger partial charge on any atom is -0.309 e. The lowest BCUT2D eigenvalue weighted by molar-refractivity contribution is -0.114. The number of benzene rings is 1. The van der Waals surface area contributed by atoms with Crippen LogP contribution in [0.1, 0.15) is 22.3 Å². The van der Waals surface area contributed by atoms with Gasteiger partial charge >= 0.3 is 0 Å². The number of ketones is 1. The summed E-state index contributed by atoms with van der Waals surface area (Å²) in [6.07, 6.45) is 0.766. The summed E-state index contributed by atoms with van der Waals surface area (Å²) in [4.78, 5) is 27.3. The lowest BCUT2D eigenvalue weighted by atomic mass is 10.1. The van der Waals surface area contributed by atoms with Crippen LogP contribution in [0.3, 0.4) is 0 Å². The quantitative estimate of drug-likeness (QED) is 0.776. The second kappa shape index (κ2) is 5.09. The van der Waals surface area contributed by atoms with E-state index in [0.717, 1.165) is 19.0 Å². The van der Waals surface area contributed by atoms with Crippen molar-refractivity contribution >= 4 is 17.4 Å². The number of amides is 1. The number of rotatable bonds is 4. The minimum atomic E-state index is -0.609. The van der Waals surface area contributed by atoms with E-state index in [1.165, 1.54) is 11.0 Å². The molecule has 0 bridgehead atoms. The van der Waals surface area contributed by atoms with Crippen molar-refractivity contribution in [3.63, 3.8) is 0 Å². The summed E-state index contributed by atoms with van der Waals surface area (Å²) >= 11 is 0. The van der Waals surface area contributed by atoms with Gasteiger partial charge in [-0.15, -0.1) is 0 Å². The molecule has 1 aromatic rings. The molecule has 0 atom stereocenters. The molecule has 0 fully saturated rings. The molecule has 0 saturated heterocycles. The molecule has 0 N–H and O–H groups in total. The fourth-order valence-electron chi connectivity index (χ4n) is 2.36. The van der Waals surface area contributed by atoms with Gasteiger partial charge in [-0.05, 0) is 51.7 Å². The molecular weight excluding hydrogens is 247 g/mol. The molecule has 0 saturated carbocycles. The first-order valence-corrected chi connectivity index (χ1v) is 6.23. The minimum absolute atomic E-state index is 0.187. The maximum atomic E-state index is 13.3. The Morgan fingerprint density at radius 1 is 1.26 bits per heavy atom. The smallest absolute Gasteiger partial charge is 0.299 e. The summed E-state index contributed by atoms with van der Waals surface area (Å²) in [7, 11) is 3.90. The van der Waals surface area contributed by atoms with E-state index in [1.807, 2.05) is 19.0 Å². The summed E-state index contributed by atoms with van der Waals surface area (Å²) < 4.78 is 13.3. The zero-order valence-electron chi connectivity index (χ0n) is 11.4. The maximum absolute atomic E-state index is 13.3. The average molecular weight is 264 g/mol. The Hall–Kier alpha value is -1.75. The van der Waals surface area contributed by atoms with Crippen molar-refractivity contribution in [2.75, 3.05) is 32.1 Å². The van der Waals surface area contributed by atoms with Crippen LogP contribution in [0.4, 0.5) is 10.1 Å². The van der Waals surface area contributed by atoms with Crippen molar-refractivity contribution in [2.45, 2.75) is 13.3 Å².